The number of rotatable bonds is 1. The van der Waals surface area contributed by atoms with Gasteiger partial charge >= 0.3 is 0 Å². The van der Waals surface area contributed by atoms with Crippen LogP contribution in [0.2, 0.25) is 0 Å². The molecule has 0 bridgehead atoms. The lowest BCUT2D eigenvalue weighted by Gasteiger charge is -1.88. The number of hydrogen-bond acceptors (Lipinski definition) is 0. The predicted molar refractivity (Wildman–Crippen MR) is 50.9 cm³/mol. The van der Waals surface area contributed by atoms with E-state index in [9.17, 15) is 0 Å². The number of fused-ring (bicyclic) bond motifs is 1. The molecule has 1 N–H and O–H groups in total. The van der Waals surface area contributed by atoms with Crippen molar-refractivity contribution in [3.8, 4) is 0 Å². The summed E-state index contributed by atoms with van der Waals surface area (Å²) in [6, 6.07) is 8.23. The first-order valence-corrected chi connectivity index (χ1v) is 4.02. The molecule has 0 aliphatic rings. The molecule has 1 aromatic heterocycles. The zero-order chi connectivity index (χ0) is 8.39. The van der Waals surface area contributed by atoms with Gasteiger partial charge in [0.2, 0.25) is 0 Å². The van der Waals surface area contributed by atoms with Gasteiger partial charge in [0, 0.05) is 22.7 Å². The highest BCUT2D eigenvalue weighted by atomic mass is 14.7. The topological polar surface area (TPSA) is 15.8 Å². The fourth-order valence-corrected chi connectivity index (χ4v) is 1.35. The summed E-state index contributed by atoms with van der Waals surface area (Å²) in [6.45, 7) is 1.97. The summed E-state index contributed by atoms with van der Waals surface area (Å²) < 4.78 is 0. The normalized spacial score (nSPS) is 11.4. The molecule has 1 aromatic carbocycles. The van der Waals surface area contributed by atoms with Crippen molar-refractivity contribution in [2.45, 2.75) is 6.92 Å². The fourth-order valence-electron chi connectivity index (χ4n) is 1.35. The minimum absolute atomic E-state index is 1.13. The summed E-state index contributed by atoms with van der Waals surface area (Å²) in [6.07, 6.45) is 7.08. The molecule has 0 saturated heterocycles. The zero-order valence-electron chi connectivity index (χ0n) is 6.96. The first-order valence-electron chi connectivity index (χ1n) is 4.02. The van der Waals surface area contributed by atoms with Crippen molar-refractivity contribution in [1.29, 1.82) is 0 Å². The maximum Gasteiger partial charge on any atom is 0.0460 e. The van der Waals surface area contributed by atoms with E-state index < -0.39 is 0 Å². The number of aromatic nitrogens is 1. The Morgan fingerprint density at radius 1 is 1.33 bits per heavy atom. The Hall–Kier alpha value is -1.50. The van der Waals surface area contributed by atoms with Gasteiger partial charge in [-0.25, -0.2) is 0 Å². The van der Waals surface area contributed by atoms with Gasteiger partial charge in [-0.3, -0.25) is 0 Å². The van der Waals surface area contributed by atoms with Crippen molar-refractivity contribution in [3.05, 3.63) is 48.2 Å². The van der Waals surface area contributed by atoms with Crippen LogP contribution in [0.5, 0.6) is 0 Å². The van der Waals surface area contributed by atoms with E-state index in [0.29, 0.717) is 0 Å². The standard InChI is InChI=1S/C11H10N/c1-2-5-9-8-12-11-7-4-3-6-10(9)11/h2-4,6-8,12H,1H3. The molecule has 1 heteroatoms. The molecular weight excluding hydrogens is 146 g/mol. The maximum absolute atomic E-state index is 3.19. The van der Waals surface area contributed by atoms with Gasteiger partial charge < -0.3 is 4.98 Å². The summed E-state index contributed by atoms with van der Waals surface area (Å²) in [7, 11) is 0. The Bertz CT molecular complexity index is 410. The molecule has 12 heavy (non-hydrogen) atoms. The number of para-hydroxylation sites is 1. The van der Waals surface area contributed by atoms with E-state index >= 15 is 0 Å². The number of nitrogens with one attached hydrogen (secondary N) is 1. The van der Waals surface area contributed by atoms with Crippen molar-refractivity contribution in [2.24, 2.45) is 0 Å². The van der Waals surface area contributed by atoms with Gasteiger partial charge in [-0.2, -0.15) is 0 Å². The molecule has 0 unspecified atom stereocenters. The van der Waals surface area contributed by atoms with Crippen molar-refractivity contribution in [3.63, 3.8) is 0 Å². The summed E-state index contributed by atoms with van der Waals surface area (Å²) in [5.74, 6) is 0. The van der Waals surface area contributed by atoms with Crippen LogP contribution < -0.4 is 0 Å². The fraction of sp³-hybridized carbons (Fsp3) is 0.0909. The van der Waals surface area contributed by atoms with Gasteiger partial charge in [-0.05, 0) is 19.1 Å². The third-order valence-corrected chi connectivity index (χ3v) is 1.89. The van der Waals surface area contributed by atoms with Crippen LogP contribution in [-0.4, -0.2) is 4.98 Å². The van der Waals surface area contributed by atoms with E-state index in [0.717, 1.165) is 5.56 Å². The van der Waals surface area contributed by atoms with Crippen LogP contribution in [0.15, 0.2) is 36.5 Å². The molecule has 0 atom stereocenters. The second-order valence-electron chi connectivity index (χ2n) is 2.68. The van der Waals surface area contributed by atoms with Crippen LogP contribution in [0.25, 0.3) is 10.9 Å². The van der Waals surface area contributed by atoms with Gasteiger partial charge in [0.25, 0.3) is 0 Å². The number of benzene rings is 1. The zero-order valence-corrected chi connectivity index (χ0v) is 6.96. The Balaban J connectivity index is 2.70. The molecule has 0 amide bonds. The average Bonchev–Trinajstić information content (AvgIpc) is 2.50. The lowest BCUT2D eigenvalue weighted by atomic mass is 10.2. The van der Waals surface area contributed by atoms with Crippen LogP contribution >= 0.6 is 0 Å². The number of H-pyrrole nitrogens is 1. The first kappa shape index (κ1) is 7.17. The quantitative estimate of drug-likeness (QED) is 0.653. The van der Waals surface area contributed by atoms with Crippen molar-refractivity contribution >= 4 is 10.9 Å². The number of aromatic amines is 1. The summed E-state index contributed by atoms with van der Waals surface area (Å²) >= 11 is 0. The molecule has 0 fully saturated rings. The van der Waals surface area contributed by atoms with E-state index in [1.807, 2.05) is 31.3 Å². The van der Waals surface area contributed by atoms with Gasteiger partial charge in [0.05, 0.1) is 0 Å². The lowest BCUT2D eigenvalue weighted by Crippen LogP contribution is -1.68. The molecule has 0 aliphatic carbocycles. The van der Waals surface area contributed by atoms with Gasteiger partial charge in [0.1, 0.15) is 0 Å². The smallest absolute Gasteiger partial charge is 0.0460 e. The van der Waals surface area contributed by atoms with Crippen molar-refractivity contribution in [2.75, 3.05) is 0 Å². The van der Waals surface area contributed by atoms with Crippen LogP contribution in [0.3, 0.4) is 0 Å². The molecule has 2 rings (SSSR count). The van der Waals surface area contributed by atoms with E-state index in [1.165, 1.54) is 10.9 Å². The lowest BCUT2D eigenvalue weighted by molar-refractivity contribution is 1.45. The van der Waals surface area contributed by atoms with Crippen LogP contribution in [-0.2, 0) is 0 Å². The van der Waals surface area contributed by atoms with Gasteiger partial charge in [-0.15, -0.1) is 0 Å². The molecule has 1 nitrogen and oxygen atoms in total. The van der Waals surface area contributed by atoms with Crippen molar-refractivity contribution in [1.82, 2.24) is 4.98 Å². The highest BCUT2D eigenvalue weighted by Gasteiger charge is 1.97. The molecule has 1 radical (unpaired) electrons. The van der Waals surface area contributed by atoms with Gasteiger partial charge in [-0.1, -0.05) is 24.3 Å². The Morgan fingerprint density at radius 2 is 2.17 bits per heavy atom. The third kappa shape index (κ3) is 1.03. The summed E-state index contributed by atoms with van der Waals surface area (Å²) in [5.41, 5.74) is 2.30. The highest BCUT2D eigenvalue weighted by molar-refractivity contribution is 5.84. The summed E-state index contributed by atoms with van der Waals surface area (Å²) in [5, 5.41) is 1.23. The molecule has 0 saturated carbocycles. The molecule has 0 aliphatic heterocycles. The Labute approximate surface area is 71.7 Å². The summed E-state index contributed by atoms with van der Waals surface area (Å²) in [4.78, 5) is 3.19. The van der Waals surface area contributed by atoms with E-state index in [-0.39, 0.29) is 0 Å². The van der Waals surface area contributed by atoms with E-state index in [2.05, 4.69) is 23.2 Å². The average molecular weight is 156 g/mol. The number of allylic oxidation sites excluding steroid dienone is 1. The Morgan fingerprint density at radius 3 is 3.00 bits per heavy atom. The van der Waals surface area contributed by atoms with Crippen LogP contribution in [0.4, 0.5) is 0 Å². The minimum Gasteiger partial charge on any atom is -0.361 e. The van der Waals surface area contributed by atoms with Gasteiger partial charge in [0.15, 0.2) is 0 Å². The second-order valence-corrected chi connectivity index (χ2v) is 2.68. The molecule has 1 heterocycles. The minimum atomic E-state index is 1.13. The van der Waals surface area contributed by atoms with E-state index in [1.54, 1.807) is 0 Å². The highest BCUT2D eigenvalue weighted by Crippen LogP contribution is 2.17. The molecular formula is C11H10N. The largest absolute Gasteiger partial charge is 0.361 e. The maximum atomic E-state index is 3.19. The SMILES string of the molecule is CC=[C]c1c[nH]c2ccccc12. The second kappa shape index (κ2) is 2.86. The van der Waals surface area contributed by atoms with E-state index in [4.69, 9.17) is 0 Å². The molecule has 0 spiro atoms. The number of hydrogen-bond donors (Lipinski definition) is 1. The molecule has 59 valence electrons. The molecule has 2 aromatic rings. The van der Waals surface area contributed by atoms with Crippen LogP contribution in [0, 0.1) is 6.08 Å². The Kier molecular flexibility index (Phi) is 1.71. The third-order valence-electron chi connectivity index (χ3n) is 1.89. The first-order chi connectivity index (χ1) is 5.92. The van der Waals surface area contributed by atoms with Crippen molar-refractivity contribution < 1.29 is 0 Å². The predicted octanol–water partition coefficient (Wildman–Crippen LogP) is 2.90. The van der Waals surface area contributed by atoms with Crippen LogP contribution in [0.1, 0.15) is 12.5 Å². The monoisotopic (exact) mass is 156 g/mol.